The quantitative estimate of drug-likeness (QED) is 0.778. The Morgan fingerprint density at radius 1 is 1.23 bits per heavy atom. The fourth-order valence-corrected chi connectivity index (χ4v) is 4.35. The molecule has 1 saturated heterocycles. The highest BCUT2D eigenvalue weighted by Crippen LogP contribution is 2.42. The lowest BCUT2D eigenvalue weighted by atomic mass is 9.78. The Bertz CT molecular complexity index is 487. The van der Waals surface area contributed by atoms with Crippen molar-refractivity contribution in [2.45, 2.75) is 51.6 Å². The Balaban J connectivity index is 1.72. The highest BCUT2D eigenvalue weighted by Gasteiger charge is 2.43. The van der Waals surface area contributed by atoms with Crippen molar-refractivity contribution in [1.29, 1.82) is 0 Å². The molecule has 1 aromatic rings. The van der Waals surface area contributed by atoms with E-state index < -0.39 is 0 Å². The van der Waals surface area contributed by atoms with E-state index in [1.165, 1.54) is 31.2 Å². The Kier molecular flexibility index (Phi) is 5.14. The number of nitrogens with zero attached hydrogens (tertiary/aromatic N) is 1. The van der Waals surface area contributed by atoms with Gasteiger partial charge in [-0.2, -0.15) is 0 Å². The SMILES string of the molecule is CCOC(=O)C[C@H]1[C@@H]2CCCC[C@H]2CN1Cc1ccccc1. The summed E-state index contributed by atoms with van der Waals surface area (Å²) in [6.45, 7) is 4.47. The van der Waals surface area contributed by atoms with E-state index in [1.54, 1.807) is 0 Å². The second-order valence-electron chi connectivity index (χ2n) is 6.70. The number of carbonyl (C=O) groups excluding carboxylic acids is 1. The molecule has 1 aromatic carbocycles. The second kappa shape index (κ2) is 7.28. The minimum Gasteiger partial charge on any atom is -0.466 e. The van der Waals surface area contributed by atoms with Crippen LogP contribution in [0.1, 0.15) is 44.6 Å². The van der Waals surface area contributed by atoms with Gasteiger partial charge in [0.25, 0.3) is 0 Å². The van der Waals surface area contributed by atoms with E-state index in [4.69, 9.17) is 4.74 Å². The maximum atomic E-state index is 12.0. The first kappa shape index (κ1) is 15.5. The number of esters is 1. The zero-order valence-corrected chi connectivity index (χ0v) is 13.5. The zero-order valence-electron chi connectivity index (χ0n) is 13.5. The third-order valence-electron chi connectivity index (χ3n) is 5.31. The lowest BCUT2D eigenvalue weighted by Gasteiger charge is -2.30. The molecular formula is C19H27NO2. The van der Waals surface area contributed by atoms with E-state index >= 15 is 0 Å². The van der Waals surface area contributed by atoms with Crippen molar-refractivity contribution in [1.82, 2.24) is 4.90 Å². The fourth-order valence-electron chi connectivity index (χ4n) is 4.35. The summed E-state index contributed by atoms with van der Waals surface area (Å²) in [5.74, 6) is 1.43. The number of likely N-dealkylation sites (tertiary alicyclic amines) is 1. The zero-order chi connectivity index (χ0) is 15.4. The Morgan fingerprint density at radius 2 is 2.00 bits per heavy atom. The molecule has 1 saturated carbocycles. The molecule has 22 heavy (non-hydrogen) atoms. The van der Waals surface area contributed by atoms with Crippen LogP contribution in [0.3, 0.4) is 0 Å². The van der Waals surface area contributed by atoms with Crippen LogP contribution in [0.4, 0.5) is 0 Å². The van der Waals surface area contributed by atoms with Crippen LogP contribution in [0, 0.1) is 11.8 Å². The summed E-state index contributed by atoms with van der Waals surface area (Å²) in [4.78, 5) is 14.6. The smallest absolute Gasteiger partial charge is 0.307 e. The number of hydrogen-bond acceptors (Lipinski definition) is 3. The predicted octanol–water partition coefficient (Wildman–Crippen LogP) is 3.63. The van der Waals surface area contributed by atoms with Crippen molar-refractivity contribution in [2.24, 2.45) is 11.8 Å². The standard InChI is InChI=1S/C19H27NO2/c1-2-22-19(21)12-18-17-11-7-6-10-16(17)14-20(18)13-15-8-4-3-5-9-15/h3-5,8-9,16-18H,2,6-7,10-14H2,1H3/t16-,17+,18-/m0/s1. The molecule has 2 fully saturated rings. The molecule has 120 valence electrons. The average molecular weight is 301 g/mol. The Labute approximate surface area is 133 Å². The first-order chi connectivity index (χ1) is 10.8. The number of ether oxygens (including phenoxy) is 1. The van der Waals surface area contributed by atoms with Gasteiger partial charge >= 0.3 is 5.97 Å². The second-order valence-corrected chi connectivity index (χ2v) is 6.70. The van der Waals surface area contributed by atoms with Crippen LogP contribution in [0.15, 0.2) is 30.3 Å². The molecule has 0 aromatic heterocycles. The average Bonchev–Trinajstić information content (AvgIpc) is 2.86. The molecule has 0 spiro atoms. The van der Waals surface area contributed by atoms with Gasteiger partial charge in [0.15, 0.2) is 0 Å². The van der Waals surface area contributed by atoms with Gasteiger partial charge in [-0.05, 0) is 37.2 Å². The molecule has 0 N–H and O–H groups in total. The Hall–Kier alpha value is -1.35. The van der Waals surface area contributed by atoms with Gasteiger partial charge in [0.1, 0.15) is 0 Å². The summed E-state index contributed by atoms with van der Waals surface area (Å²) in [5, 5.41) is 0. The van der Waals surface area contributed by atoms with Crippen molar-refractivity contribution in [3.05, 3.63) is 35.9 Å². The monoisotopic (exact) mass is 301 g/mol. The number of fused-ring (bicyclic) bond motifs is 1. The Morgan fingerprint density at radius 3 is 2.77 bits per heavy atom. The third kappa shape index (κ3) is 3.52. The van der Waals surface area contributed by atoms with E-state index in [0.29, 0.717) is 25.0 Å². The summed E-state index contributed by atoms with van der Waals surface area (Å²) in [7, 11) is 0. The van der Waals surface area contributed by atoms with Crippen molar-refractivity contribution < 1.29 is 9.53 Å². The summed E-state index contributed by atoms with van der Waals surface area (Å²) < 4.78 is 5.22. The van der Waals surface area contributed by atoms with Gasteiger partial charge in [-0.15, -0.1) is 0 Å². The first-order valence-electron chi connectivity index (χ1n) is 8.71. The normalized spacial score (nSPS) is 28.3. The van der Waals surface area contributed by atoms with Crippen molar-refractivity contribution in [3.8, 4) is 0 Å². The highest BCUT2D eigenvalue weighted by molar-refractivity contribution is 5.70. The molecule has 0 radical (unpaired) electrons. The first-order valence-corrected chi connectivity index (χ1v) is 8.71. The van der Waals surface area contributed by atoms with Crippen molar-refractivity contribution >= 4 is 5.97 Å². The molecule has 3 heteroatoms. The highest BCUT2D eigenvalue weighted by atomic mass is 16.5. The van der Waals surface area contributed by atoms with Crippen LogP contribution in [0.25, 0.3) is 0 Å². The number of benzene rings is 1. The lowest BCUT2D eigenvalue weighted by Crippen LogP contribution is -2.35. The van der Waals surface area contributed by atoms with E-state index in [0.717, 1.165) is 19.0 Å². The van der Waals surface area contributed by atoms with Crippen LogP contribution in [-0.2, 0) is 16.1 Å². The number of hydrogen-bond donors (Lipinski definition) is 0. The summed E-state index contributed by atoms with van der Waals surface area (Å²) >= 11 is 0. The van der Waals surface area contributed by atoms with Gasteiger partial charge in [-0.1, -0.05) is 43.2 Å². The summed E-state index contributed by atoms with van der Waals surface area (Å²) in [6, 6.07) is 11.0. The predicted molar refractivity (Wildman–Crippen MR) is 87.3 cm³/mol. The van der Waals surface area contributed by atoms with Crippen LogP contribution in [0.2, 0.25) is 0 Å². The van der Waals surface area contributed by atoms with Gasteiger partial charge in [0.2, 0.25) is 0 Å². The van der Waals surface area contributed by atoms with Crippen LogP contribution >= 0.6 is 0 Å². The fraction of sp³-hybridized carbons (Fsp3) is 0.632. The summed E-state index contributed by atoms with van der Waals surface area (Å²) in [5.41, 5.74) is 1.34. The molecule has 1 aliphatic heterocycles. The topological polar surface area (TPSA) is 29.5 Å². The molecule has 0 unspecified atom stereocenters. The maximum absolute atomic E-state index is 12.0. The van der Waals surface area contributed by atoms with Gasteiger partial charge in [-0.3, -0.25) is 9.69 Å². The van der Waals surface area contributed by atoms with Gasteiger partial charge in [-0.25, -0.2) is 0 Å². The molecular weight excluding hydrogens is 274 g/mol. The van der Waals surface area contributed by atoms with Gasteiger partial charge in [0, 0.05) is 19.1 Å². The molecule has 2 aliphatic rings. The minimum absolute atomic E-state index is 0.0308. The lowest BCUT2D eigenvalue weighted by molar-refractivity contribution is -0.144. The molecule has 1 aliphatic carbocycles. The van der Waals surface area contributed by atoms with E-state index in [1.807, 2.05) is 6.92 Å². The van der Waals surface area contributed by atoms with E-state index in [2.05, 4.69) is 35.2 Å². The maximum Gasteiger partial charge on any atom is 0.307 e. The molecule has 3 rings (SSSR count). The van der Waals surface area contributed by atoms with Crippen LogP contribution in [-0.4, -0.2) is 30.1 Å². The molecule has 3 nitrogen and oxygen atoms in total. The van der Waals surface area contributed by atoms with E-state index in [9.17, 15) is 4.79 Å². The van der Waals surface area contributed by atoms with E-state index in [-0.39, 0.29) is 5.97 Å². The number of carbonyl (C=O) groups is 1. The van der Waals surface area contributed by atoms with Crippen molar-refractivity contribution in [3.63, 3.8) is 0 Å². The molecule has 0 bridgehead atoms. The minimum atomic E-state index is -0.0308. The van der Waals surface area contributed by atoms with Crippen molar-refractivity contribution in [2.75, 3.05) is 13.2 Å². The van der Waals surface area contributed by atoms with Gasteiger partial charge in [0.05, 0.1) is 13.0 Å². The summed E-state index contributed by atoms with van der Waals surface area (Å²) in [6.07, 6.45) is 5.84. The number of rotatable bonds is 5. The van der Waals surface area contributed by atoms with Crippen LogP contribution < -0.4 is 0 Å². The largest absolute Gasteiger partial charge is 0.466 e. The van der Waals surface area contributed by atoms with Crippen LogP contribution in [0.5, 0.6) is 0 Å². The molecule has 3 atom stereocenters. The third-order valence-corrected chi connectivity index (χ3v) is 5.31. The molecule has 0 amide bonds. The molecule has 1 heterocycles. The van der Waals surface area contributed by atoms with Gasteiger partial charge < -0.3 is 4.74 Å².